The van der Waals surface area contributed by atoms with Gasteiger partial charge in [0.15, 0.2) is 0 Å². The first-order valence-electron chi connectivity index (χ1n) is 9.35. The Bertz CT molecular complexity index is 1100. The van der Waals surface area contributed by atoms with E-state index in [1.807, 2.05) is 13.8 Å². The lowest BCUT2D eigenvalue weighted by Crippen LogP contribution is -2.13. The summed E-state index contributed by atoms with van der Waals surface area (Å²) in [6, 6.07) is 3.66. The number of nitrogens with zero attached hydrogens (tertiary/aromatic N) is 3. The van der Waals surface area contributed by atoms with Crippen molar-refractivity contribution in [1.82, 2.24) is 9.55 Å². The zero-order valence-corrected chi connectivity index (χ0v) is 16.4. The second-order valence-electron chi connectivity index (χ2n) is 7.16. The van der Waals surface area contributed by atoms with Gasteiger partial charge in [-0.25, -0.2) is 13.8 Å². The van der Waals surface area contributed by atoms with Gasteiger partial charge >= 0.3 is 0 Å². The van der Waals surface area contributed by atoms with Gasteiger partial charge < -0.3 is 4.74 Å². The Morgan fingerprint density at radius 1 is 1.21 bits per heavy atom. The van der Waals surface area contributed by atoms with E-state index in [4.69, 9.17) is 9.73 Å². The summed E-state index contributed by atoms with van der Waals surface area (Å²) in [5.74, 6) is -0.369. The number of fused-ring (bicyclic) bond motifs is 5. The Morgan fingerprint density at radius 2 is 2.00 bits per heavy atom. The Labute approximate surface area is 165 Å². The van der Waals surface area contributed by atoms with Crippen LogP contribution in [0, 0.1) is 18.6 Å². The van der Waals surface area contributed by atoms with E-state index >= 15 is 0 Å². The molecule has 0 N–H and O–H groups in total. The molecule has 0 radical (unpaired) electrons. The molecule has 0 spiro atoms. The number of benzene rings is 1. The fourth-order valence-corrected chi connectivity index (χ4v) is 5.44. The zero-order chi connectivity index (χ0) is 19.4. The van der Waals surface area contributed by atoms with E-state index in [0.29, 0.717) is 18.9 Å². The van der Waals surface area contributed by atoms with Crippen LogP contribution in [-0.2, 0) is 17.8 Å². The highest BCUT2D eigenvalue weighted by atomic mass is 32.1. The molecule has 28 heavy (non-hydrogen) atoms. The molecule has 5 rings (SSSR count). The van der Waals surface area contributed by atoms with Crippen LogP contribution >= 0.6 is 11.3 Å². The smallest absolute Gasteiger partial charge is 0.135 e. The lowest BCUT2D eigenvalue weighted by atomic mass is 9.97. The largest absolute Gasteiger partial charge is 0.377 e. The van der Waals surface area contributed by atoms with Gasteiger partial charge in [0.05, 0.1) is 35.8 Å². The van der Waals surface area contributed by atoms with Gasteiger partial charge in [0.1, 0.15) is 22.5 Å². The predicted molar refractivity (Wildman–Crippen MR) is 105 cm³/mol. The van der Waals surface area contributed by atoms with Crippen LogP contribution in [-0.4, -0.2) is 21.9 Å². The standard InChI is InChI=1S/C21H19F2N3OS/c1-11-16-9-24-12(2)26(16)21-18(13-10-27-8-4-7-17(13)28-21)20(25-11)19-14(22)5-3-6-15(19)23/h3,5-6,9,11H,4,7-8,10H2,1-2H3/t11-/m0/s1. The number of aryl methyl sites for hydroxylation is 2. The number of halogens is 2. The third-order valence-electron chi connectivity index (χ3n) is 5.37. The number of ether oxygens (including phenoxy) is 1. The number of hydrogen-bond acceptors (Lipinski definition) is 4. The average Bonchev–Trinajstić information content (AvgIpc) is 3.08. The van der Waals surface area contributed by atoms with Crippen LogP contribution in [0.3, 0.4) is 0 Å². The second-order valence-corrected chi connectivity index (χ2v) is 8.24. The van der Waals surface area contributed by atoms with Gasteiger partial charge in [-0.3, -0.25) is 9.56 Å². The molecule has 1 aromatic carbocycles. The van der Waals surface area contributed by atoms with E-state index in [9.17, 15) is 8.78 Å². The fraction of sp³-hybridized carbons (Fsp3) is 0.333. The molecule has 2 aliphatic heterocycles. The van der Waals surface area contributed by atoms with Gasteiger partial charge in [0, 0.05) is 22.6 Å². The van der Waals surface area contributed by atoms with Crippen molar-refractivity contribution in [3.05, 3.63) is 69.1 Å². The van der Waals surface area contributed by atoms with Gasteiger partial charge in [0.2, 0.25) is 0 Å². The van der Waals surface area contributed by atoms with Crippen molar-refractivity contribution in [1.29, 1.82) is 0 Å². The summed E-state index contributed by atoms with van der Waals surface area (Å²) in [4.78, 5) is 10.5. The van der Waals surface area contributed by atoms with Gasteiger partial charge in [-0.05, 0) is 38.8 Å². The lowest BCUT2D eigenvalue weighted by Gasteiger charge is -2.12. The molecule has 0 fully saturated rings. The van der Waals surface area contributed by atoms with Crippen LogP contribution in [0.15, 0.2) is 29.4 Å². The normalized spacial score (nSPS) is 18.6. The molecule has 2 aliphatic rings. The summed E-state index contributed by atoms with van der Waals surface area (Å²) < 4.78 is 37.4. The molecule has 3 aromatic rings. The van der Waals surface area contributed by atoms with Crippen LogP contribution < -0.4 is 0 Å². The minimum atomic E-state index is -0.604. The molecule has 7 heteroatoms. The first-order chi connectivity index (χ1) is 13.6. The number of aromatic nitrogens is 2. The second kappa shape index (κ2) is 6.60. The Morgan fingerprint density at radius 3 is 2.79 bits per heavy atom. The average molecular weight is 399 g/mol. The molecule has 4 heterocycles. The predicted octanol–water partition coefficient (Wildman–Crippen LogP) is 4.90. The Kier molecular flexibility index (Phi) is 4.17. The van der Waals surface area contributed by atoms with Crippen LogP contribution in [0.5, 0.6) is 0 Å². The highest BCUT2D eigenvalue weighted by molar-refractivity contribution is 7.15. The van der Waals surface area contributed by atoms with Crippen LogP contribution in [0.25, 0.3) is 5.00 Å². The minimum absolute atomic E-state index is 0.0724. The van der Waals surface area contributed by atoms with Crippen molar-refractivity contribution in [2.45, 2.75) is 39.3 Å². The molecule has 144 valence electrons. The quantitative estimate of drug-likeness (QED) is 0.584. The maximum atomic E-state index is 14.8. The van der Waals surface area contributed by atoms with E-state index in [2.05, 4.69) is 9.55 Å². The fourth-order valence-electron chi connectivity index (χ4n) is 4.02. The molecule has 4 nitrogen and oxygen atoms in total. The molecule has 0 unspecified atom stereocenters. The van der Waals surface area contributed by atoms with Crippen molar-refractivity contribution in [2.24, 2.45) is 4.99 Å². The first-order valence-corrected chi connectivity index (χ1v) is 10.2. The van der Waals surface area contributed by atoms with E-state index in [-0.39, 0.29) is 11.6 Å². The van der Waals surface area contributed by atoms with Gasteiger partial charge in [-0.2, -0.15) is 0 Å². The van der Waals surface area contributed by atoms with E-state index in [0.717, 1.165) is 40.5 Å². The van der Waals surface area contributed by atoms with Crippen LogP contribution in [0.2, 0.25) is 0 Å². The molecular formula is C21H19F2N3OS. The summed E-state index contributed by atoms with van der Waals surface area (Å²) in [5.41, 5.74) is 2.98. The maximum absolute atomic E-state index is 14.8. The number of rotatable bonds is 1. The van der Waals surface area contributed by atoms with Crippen molar-refractivity contribution >= 4 is 17.0 Å². The van der Waals surface area contributed by atoms with Crippen molar-refractivity contribution < 1.29 is 13.5 Å². The molecule has 0 amide bonds. The molecule has 0 aliphatic carbocycles. The van der Waals surface area contributed by atoms with Crippen molar-refractivity contribution in [3.63, 3.8) is 0 Å². The van der Waals surface area contributed by atoms with E-state index < -0.39 is 11.6 Å². The highest BCUT2D eigenvalue weighted by Crippen LogP contribution is 2.41. The summed E-state index contributed by atoms with van der Waals surface area (Å²) >= 11 is 1.66. The monoisotopic (exact) mass is 399 g/mol. The summed E-state index contributed by atoms with van der Waals surface area (Å²) in [6.07, 6.45) is 3.62. The molecule has 0 bridgehead atoms. The number of thiophene rings is 1. The Hall–Kier alpha value is -2.38. The molecule has 1 atom stereocenters. The minimum Gasteiger partial charge on any atom is -0.377 e. The van der Waals surface area contributed by atoms with Crippen molar-refractivity contribution in [3.8, 4) is 5.00 Å². The van der Waals surface area contributed by atoms with Gasteiger partial charge in [-0.15, -0.1) is 11.3 Å². The topological polar surface area (TPSA) is 39.4 Å². The number of aliphatic imine (C=N–C) groups is 1. The molecular weight excluding hydrogens is 380 g/mol. The van der Waals surface area contributed by atoms with Crippen LogP contribution in [0.4, 0.5) is 8.78 Å². The zero-order valence-electron chi connectivity index (χ0n) is 15.6. The number of imidazole rings is 1. The Balaban J connectivity index is 1.87. The highest BCUT2D eigenvalue weighted by Gasteiger charge is 2.33. The summed E-state index contributed by atoms with van der Waals surface area (Å²) in [6.45, 7) is 4.98. The molecule has 0 saturated carbocycles. The van der Waals surface area contributed by atoms with Gasteiger partial charge in [0.25, 0.3) is 0 Å². The summed E-state index contributed by atoms with van der Waals surface area (Å²) in [7, 11) is 0. The third kappa shape index (κ3) is 2.57. The third-order valence-corrected chi connectivity index (χ3v) is 6.64. The van der Waals surface area contributed by atoms with E-state index in [1.165, 1.54) is 23.1 Å². The van der Waals surface area contributed by atoms with Crippen LogP contribution in [0.1, 0.15) is 52.5 Å². The SMILES string of the molecule is Cc1ncc2n1-c1sc3c(c1C(c1c(F)cccc1F)=N[C@H]2C)COCCC3. The molecule has 0 saturated heterocycles. The lowest BCUT2D eigenvalue weighted by molar-refractivity contribution is 0.125. The molecule has 2 aromatic heterocycles. The summed E-state index contributed by atoms with van der Waals surface area (Å²) in [5, 5.41) is 0.922. The van der Waals surface area contributed by atoms with Crippen molar-refractivity contribution in [2.75, 3.05) is 6.61 Å². The van der Waals surface area contributed by atoms with Gasteiger partial charge in [-0.1, -0.05) is 6.07 Å². The maximum Gasteiger partial charge on any atom is 0.135 e. The number of hydrogen-bond donors (Lipinski definition) is 0. The van der Waals surface area contributed by atoms with E-state index in [1.54, 1.807) is 17.5 Å². The first kappa shape index (κ1) is 17.7.